The number of thioether (sulfide) groups is 1. The number of halogens is 1. The van der Waals surface area contributed by atoms with Crippen LogP contribution in [0.2, 0.25) is 5.15 Å². The molecule has 4 nitrogen and oxygen atoms in total. The first kappa shape index (κ1) is 10.4. The van der Waals surface area contributed by atoms with Crippen LogP contribution in [0.3, 0.4) is 0 Å². The Balaban J connectivity index is 1.99. The van der Waals surface area contributed by atoms with Crippen molar-refractivity contribution in [3.05, 3.63) is 35.4 Å². The van der Waals surface area contributed by atoms with Crippen molar-refractivity contribution in [2.24, 2.45) is 7.05 Å². The van der Waals surface area contributed by atoms with E-state index in [1.165, 1.54) is 0 Å². The van der Waals surface area contributed by atoms with Crippen molar-refractivity contribution < 1.29 is 0 Å². The van der Waals surface area contributed by atoms with E-state index in [1.807, 2.05) is 13.1 Å². The monoisotopic (exact) mass is 240 g/mol. The fourth-order valence-corrected chi connectivity index (χ4v) is 1.99. The number of pyridine rings is 1. The van der Waals surface area contributed by atoms with Crippen molar-refractivity contribution in [2.75, 3.05) is 0 Å². The third-order valence-corrected chi connectivity index (χ3v) is 3.16. The van der Waals surface area contributed by atoms with Gasteiger partial charge in [0.25, 0.3) is 0 Å². The Kier molecular flexibility index (Phi) is 3.23. The molecule has 0 spiro atoms. The van der Waals surface area contributed by atoms with E-state index < -0.39 is 0 Å². The molecule has 0 aromatic carbocycles. The van der Waals surface area contributed by atoms with E-state index >= 15 is 0 Å². The summed E-state index contributed by atoms with van der Waals surface area (Å²) < 4.78 is 1.74. The van der Waals surface area contributed by atoms with Crippen LogP contribution >= 0.6 is 23.4 Å². The molecule has 15 heavy (non-hydrogen) atoms. The smallest absolute Gasteiger partial charge is 0.186 e. The molecule has 2 heterocycles. The predicted molar refractivity (Wildman–Crippen MR) is 59.8 cm³/mol. The van der Waals surface area contributed by atoms with E-state index in [0.717, 1.165) is 16.5 Å². The summed E-state index contributed by atoms with van der Waals surface area (Å²) in [6, 6.07) is 3.74. The first-order valence-corrected chi connectivity index (χ1v) is 5.69. The molecule has 0 radical (unpaired) electrons. The first-order valence-electron chi connectivity index (χ1n) is 4.33. The van der Waals surface area contributed by atoms with Gasteiger partial charge >= 0.3 is 0 Å². The maximum absolute atomic E-state index is 5.69. The van der Waals surface area contributed by atoms with Crippen molar-refractivity contribution in [2.45, 2.75) is 10.9 Å². The maximum atomic E-state index is 5.69. The van der Waals surface area contributed by atoms with Crippen LogP contribution in [0.1, 0.15) is 5.56 Å². The molecule has 0 aliphatic rings. The molecule has 0 unspecified atom stereocenters. The third-order valence-electron chi connectivity index (χ3n) is 1.83. The summed E-state index contributed by atoms with van der Waals surface area (Å²) in [7, 11) is 1.87. The fourth-order valence-electron chi connectivity index (χ4n) is 1.06. The van der Waals surface area contributed by atoms with E-state index in [-0.39, 0.29) is 0 Å². The highest BCUT2D eigenvalue weighted by Gasteiger charge is 2.02. The molecule has 0 bridgehead atoms. The molecule has 0 saturated carbocycles. The molecular weight excluding hydrogens is 232 g/mol. The molecule has 0 saturated heterocycles. The number of nitrogens with zero attached hydrogens (tertiary/aromatic N) is 4. The molecule has 78 valence electrons. The van der Waals surface area contributed by atoms with Gasteiger partial charge in [-0.25, -0.2) is 14.6 Å². The van der Waals surface area contributed by atoms with Gasteiger partial charge in [-0.2, -0.15) is 5.10 Å². The van der Waals surface area contributed by atoms with Crippen molar-refractivity contribution in [1.29, 1.82) is 0 Å². The Labute approximate surface area is 96.7 Å². The van der Waals surface area contributed by atoms with Gasteiger partial charge in [0.15, 0.2) is 5.16 Å². The third kappa shape index (κ3) is 2.70. The number of hydrogen-bond acceptors (Lipinski definition) is 4. The van der Waals surface area contributed by atoms with Crippen LogP contribution in [0.4, 0.5) is 0 Å². The summed E-state index contributed by atoms with van der Waals surface area (Å²) in [6.07, 6.45) is 3.31. The molecule has 0 aliphatic carbocycles. The van der Waals surface area contributed by atoms with Gasteiger partial charge in [0, 0.05) is 19.0 Å². The highest BCUT2D eigenvalue weighted by atomic mass is 35.5. The molecule has 2 rings (SSSR count). The minimum absolute atomic E-state index is 0.516. The lowest BCUT2D eigenvalue weighted by Crippen LogP contribution is -1.93. The van der Waals surface area contributed by atoms with Gasteiger partial charge in [-0.3, -0.25) is 0 Å². The quantitative estimate of drug-likeness (QED) is 0.609. The van der Waals surface area contributed by atoms with Crippen LogP contribution < -0.4 is 0 Å². The van der Waals surface area contributed by atoms with E-state index in [1.54, 1.807) is 35.0 Å². The Hall–Kier alpha value is -1.07. The van der Waals surface area contributed by atoms with Crippen LogP contribution in [0, 0.1) is 0 Å². The topological polar surface area (TPSA) is 43.6 Å². The summed E-state index contributed by atoms with van der Waals surface area (Å²) >= 11 is 7.31. The zero-order valence-electron chi connectivity index (χ0n) is 8.09. The number of rotatable bonds is 3. The SMILES string of the molecule is Cn1ncnc1SCc1ccc(Cl)nc1. The first-order chi connectivity index (χ1) is 7.25. The van der Waals surface area contributed by atoms with Crippen molar-refractivity contribution in [3.8, 4) is 0 Å². The number of aromatic nitrogens is 4. The van der Waals surface area contributed by atoms with Crippen LogP contribution in [-0.4, -0.2) is 19.7 Å². The summed E-state index contributed by atoms with van der Waals surface area (Å²) in [5.74, 6) is 0.816. The second kappa shape index (κ2) is 4.63. The molecule has 2 aromatic heterocycles. The summed E-state index contributed by atoms with van der Waals surface area (Å²) in [5.41, 5.74) is 1.12. The zero-order valence-corrected chi connectivity index (χ0v) is 9.66. The van der Waals surface area contributed by atoms with E-state index in [2.05, 4.69) is 15.1 Å². The van der Waals surface area contributed by atoms with Crippen molar-refractivity contribution >= 4 is 23.4 Å². The lowest BCUT2D eigenvalue weighted by atomic mass is 10.3. The van der Waals surface area contributed by atoms with Gasteiger partial charge in [-0.1, -0.05) is 29.4 Å². The van der Waals surface area contributed by atoms with Crippen molar-refractivity contribution in [3.63, 3.8) is 0 Å². The van der Waals surface area contributed by atoms with Gasteiger partial charge in [0.1, 0.15) is 11.5 Å². The van der Waals surface area contributed by atoms with Crippen LogP contribution in [-0.2, 0) is 12.8 Å². The predicted octanol–water partition coefficient (Wildman–Crippen LogP) is 2.16. The fraction of sp³-hybridized carbons (Fsp3) is 0.222. The molecule has 0 aliphatic heterocycles. The Morgan fingerprint density at radius 2 is 2.27 bits per heavy atom. The molecule has 0 amide bonds. The highest BCUT2D eigenvalue weighted by molar-refractivity contribution is 7.98. The van der Waals surface area contributed by atoms with Gasteiger partial charge < -0.3 is 0 Å². The number of aryl methyl sites for hydroxylation is 1. The second-order valence-corrected chi connectivity index (χ2v) is 4.27. The Morgan fingerprint density at radius 3 is 2.87 bits per heavy atom. The van der Waals surface area contributed by atoms with Crippen molar-refractivity contribution in [1.82, 2.24) is 19.7 Å². The lowest BCUT2D eigenvalue weighted by Gasteiger charge is -2.00. The molecular formula is C9H9ClN4S. The van der Waals surface area contributed by atoms with E-state index in [4.69, 9.17) is 11.6 Å². The molecule has 0 atom stereocenters. The van der Waals surface area contributed by atoms with Gasteiger partial charge in [-0.15, -0.1) is 0 Å². The van der Waals surface area contributed by atoms with E-state index in [0.29, 0.717) is 5.15 Å². The highest BCUT2D eigenvalue weighted by Crippen LogP contribution is 2.19. The summed E-state index contributed by atoms with van der Waals surface area (Å²) in [5, 5.41) is 5.40. The van der Waals surface area contributed by atoms with Crippen LogP contribution in [0.25, 0.3) is 0 Å². The van der Waals surface area contributed by atoms with Crippen LogP contribution in [0.5, 0.6) is 0 Å². The average molecular weight is 241 g/mol. The molecule has 0 N–H and O–H groups in total. The van der Waals surface area contributed by atoms with Gasteiger partial charge in [0.2, 0.25) is 0 Å². The Morgan fingerprint density at radius 1 is 1.40 bits per heavy atom. The average Bonchev–Trinajstić information content (AvgIpc) is 2.63. The standard InChI is InChI=1S/C9H9ClN4S/c1-14-9(12-6-13-14)15-5-7-2-3-8(10)11-4-7/h2-4,6H,5H2,1H3. The van der Waals surface area contributed by atoms with Gasteiger partial charge in [-0.05, 0) is 11.6 Å². The minimum atomic E-state index is 0.516. The van der Waals surface area contributed by atoms with Crippen LogP contribution in [0.15, 0.2) is 29.8 Å². The Bertz CT molecular complexity index is 440. The summed E-state index contributed by atoms with van der Waals surface area (Å²) in [4.78, 5) is 8.13. The normalized spacial score (nSPS) is 10.5. The maximum Gasteiger partial charge on any atom is 0.186 e. The zero-order chi connectivity index (χ0) is 10.7. The molecule has 2 aromatic rings. The molecule has 6 heteroatoms. The number of hydrogen-bond donors (Lipinski definition) is 0. The largest absolute Gasteiger partial charge is 0.244 e. The lowest BCUT2D eigenvalue weighted by molar-refractivity contribution is 0.685. The molecule has 0 fully saturated rings. The van der Waals surface area contributed by atoms with Gasteiger partial charge in [0.05, 0.1) is 0 Å². The second-order valence-electron chi connectivity index (χ2n) is 2.94. The van der Waals surface area contributed by atoms with E-state index in [9.17, 15) is 0 Å². The minimum Gasteiger partial charge on any atom is -0.244 e. The summed E-state index contributed by atoms with van der Waals surface area (Å²) in [6.45, 7) is 0.